The zero-order valence-electron chi connectivity index (χ0n) is 12.5. The first-order valence-electron chi connectivity index (χ1n) is 7.01. The molecule has 0 saturated carbocycles. The summed E-state index contributed by atoms with van der Waals surface area (Å²) in [5, 5.41) is 3.71. The summed E-state index contributed by atoms with van der Waals surface area (Å²) in [5.74, 6) is -0.273. The van der Waals surface area contributed by atoms with Gasteiger partial charge in [-0.25, -0.2) is 0 Å². The van der Waals surface area contributed by atoms with Crippen LogP contribution in [0.15, 0.2) is 18.2 Å². The molecule has 1 N–H and O–H groups in total. The lowest BCUT2D eigenvalue weighted by Crippen LogP contribution is -2.35. The number of likely N-dealkylation sites (tertiary alicyclic amines) is 1. The Hall–Kier alpha value is -1.75. The normalized spacial score (nSPS) is 18.3. The lowest BCUT2D eigenvalue weighted by Gasteiger charge is -2.18. The molecule has 0 bridgehead atoms. The SMILES string of the molecule is CCCN1C(=O)CC(Nc2ccc(N(C)C)c(Cl)c2)C1=O. The number of nitrogens with one attached hydrogen (secondary N) is 1. The van der Waals surface area contributed by atoms with E-state index in [4.69, 9.17) is 11.6 Å². The van der Waals surface area contributed by atoms with Crippen molar-refractivity contribution in [2.75, 3.05) is 30.9 Å². The fourth-order valence-electron chi connectivity index (χ4n) is 2.41. The third-order valence-electron chi connectivity index (χ3n) is 3.46. The minimum atomic E-state index is -0.495. The smallest absolute Gasteiger partial charge is 0.252 e. The Morgan fingerprint density at radius 3 is 2.67 bits per heavy atom. The molecule has 0 spiro atoms. The lowest BCUT2D eigenvalue weighted by atomic mass is 10.2. The Balaban J connectivity index is 2.11. The molecule has 1 fully saturated rings. The van der Waals surface area contributed by atoms with Crippen molar-refractivity contribution in [1.82, 2.24) is 4.90 Å². The highest BCUT2D eigenvalue weighted by atomic mass is 35.5. The highest BCUT2D eigenvalue weighted by molar-refractivity contribution is 6.33. The minimum absolute atomic E-state index is 0.115. The number of hydrogen-bond donors (Lipinski definition) is 1. The highest BCUT2D eigenvalue weighted by Crippen LogP contribution is 2.28. The van der Waals surface area contributed by atoms with E-state index in [1.165, 1.54) is 4.90 Å². The molecule has 1 aromatic rings. The van der Waals surface area contributed by atoms with Gasteiger partial charge in [-0.3, -0.25) is 14.5 Å². The monoisotopic (exact) mass is 309 g/mol. The molecule has 1 unspecified atom stereocenters. The molecule has 2 rings (SSSR count). The molecule has 5 nitrogen and oxygen atoms in total. The number of nitrogens with zero attached hydrogens (tertiary/aromatic N) is 2. The van der Waals surface area contributed by atoms with Crippen molar-refractivity contribution < 1.29 is 9.59 Å². The maximum Gasteiger partial charge on any atom is 0.252 e. The van der Waals surface area contributed by atoms with Gasteiger partial charge < -0.3 is 10.2 Å². The zero-order valence-corrected chi connectivity index (χ0v) is 13.3. The first kappa shape index (κ1) is 15.6. The van der Waals surface area contributed by atoms with Crippen molar-refractivity contribution in [3.63, 3.8) is 0 Å². The van der Waals surface area contributed by atoms with Gasteiger partial charge in [0.2, 0.25) is 5.91 Å². The maximum absolute atomic E-state index is 12.2. The van der Waals surface area contributed by atoms with Gasteiger partial charge in [-0.1, -0.05) is 18.5 Å². The molecular formula is C15H20ClN3O2. The van der Waals surface area contributed by atoms with Gasteiger partial charge in [0.05, 0.1) is 17.1 Å². The van der Waals surface area contributed by atoms with Crippen LogP contribution in [0.2, 0.25) is 5.02 Å². The van der Waals surface area contributed by atoms with Gasteiger partial charge in [-0.2, -0.15) is 0 Å². The maximum atomic E-state index is 12.2. The molecule has 2 amide bonds. The van der Waals surface area contributed by atoms with Crippen LogP contribution in [0.4, 0.5) is 11.4 Å². The lowest BCUT2D eigenvalue weighted by molar-refractivity contribution is -0.138. The number of rotatable bonds is 5. The average molecular weight is 310 g/mol. The Morgan fingerprint density at radius 1 is 1.38 bits per heavy atom. The third-order valence-corrected chi connectivity index (χ3v) is 3.76. The minimum Gasteiger partial charge on any atom is -0.376 e. The summed E-state index contributed by atoms with van der Waals surface area (Å²) in [7, 11) is 3.83. The Labute approximate surface area is 129 Å². The fraction of sp³-hybridized carbons (Fsp3) is 0.467. The molecular weight excluding hydrogens is 290 g/mol. The Morgan fingerprint density at radius 2 is 2.10 bits per heavy atom. The summed E-state index contributed by atoms with van der Waals surface area (Å²) < 4.78 is 0. The molecule has 0 aliphatic carbocycles. The second-order valence-electron chi connectivity index (χ2n) is 5.35. The molecule has 1 aliphatic rings. The van der Waals surface area contributed by atoms with Crippen LogP contribution in [-0.4, -0.2) is 43.4 Å². The standard InChI is InChI=1S/C15H20ClN3O2/c1-4-7-19-14(20)9-12(15(19)21)17-10-5-6-13(18(2)3)11(16)8-10/h5-6,8,12,17H,4,7,9H2,1-3H3. The summed E-state index contributed by atoms with van der Waals surface area (Å²) in [6.07, 6.45) is 0.972. The largest absolute Gasteiger partial charge is 0.376 e. The number of imide groups is 1. The van der Waals surface area contributed by atoms with Crippen molar-refractivity contribution in [2.24, 2.45) is 0 Å². The van der Waals surface area contributed by atoms with Crippen molar-refractivity contribution in [3.05, 3.63) is 23.2 Å². The van der Waals surface area contributed by atoms with Crippen LogP contribution in [-0.2, 0) is 9.59 Å². The third kappa shape index (κ3) is 3.29. The van der Waals surface area contributed by atoms with E-state index in [1.54, 1.807) is 6.07 Å². The van der Waals surface area contributed by atoms with E-state index < -0.39 is 6.04 Å². The number of amides is 2. The second kappa shape index (κ2) is 6.35. The molecule has 21 heavy (non-hydrogen) atoms. The van der Waals surface area contributed by atoms with Gasteiger partial charge in [0, 0.05) is 26.3 Å². The average Bonchev–Trinajstić information content (AvgIpc) is 2.66. The van der Waals surface area contributed by atoms with Gasteiger partial charge in [-0.15, -0.1) is 0 Å². The van der Waals surface area contributed by atoms with E-state index in [9.17, 15) is 9.59 Å². The van der Waals surface area contributed by atoms with E-state index in [2.05, 4.69) is 5.32 Å². The molecule has 1 heterocycles. The van der Waals surface area contributed by atoms with Gasteiger partial charge >= 0.3 is 0 Å². The quantitative estimate of drug-likeness (QED) is 0.848. The molecule has 1 atom stereocenters. The van der Waals surface area contributed by atoms with E-state index in [0.29, 0.717) is 11.6 Å². The first-order valence-corrected chi connectivity index (χ1v) is 7.39. The highest BCUT2D eigenvalue weighted by Gasteiger charge is 2.37. The van der Waals surface area contributed by atoms with Crippen molar-refractivity contribution in [1.29, 1.82) is 0 Å². The van der Waals surface area contributed by atoms with Gasteiger partial charge in [-0.05, 0) is 24.6 Å². The van der Waals surface area contributed by atoms with Gasteiger partial charge in [0.1, 0.15) is 6.04 Å². The summed E-state index contributed by atoms with van der Waals surface area (Å²) in [6.45, 7) is 2.43. The molecule has 0 aromatic heterocycles. The number of halogens is 1. The van der Waals surface area contributed by atoms with Gasteiger partial charge in [0.25, 0.3) is 5.91 Å². The number of carbonyl (C=O) groups excluding carboxylic acids is 2. The fourth-order valence-corrected chi connectivity index (χ4v) is 2.76. The van der Waals surface area contributed by atoms with Crippen LogP contribution < -0.4 is 10.2 Å². The summed E-state index contributed by atoms with van der Waals surface area (Å²) in [5.41, 5.74) is 1.65. The van der Waals surface area contributed by atoms with Crippen LogP contribution in [0.25, 0.3) is 0 Å². The number of benzene rings is 1. The van der Waals surface area contributed by atoms with E-state index in [1.807, 2.05) is 38.1 Å². The van der Waals surface area contributed by atoms with E-state index >= 15 is 0 Å². The van der Waals surface area contributed by atoms with E-state index in [0.717, 1.165) is 17.8 Å². The Kier molecular flexibility index (Phi) is 4.73. The molecule has 0 radical (unpaired) electrons. The van der Waals surface area contributed by atoms with Crippen molar-refractivity contribution in [2.45, 2.75) is 25.8 Å². The Bertz CT molecular complexity index is 560. The van der Waals surface area contributed by atoms with Crippen LogP contribution >= 0.6 is 11.6 Å². The topological polar surface area (TPSA) is 52.7 Å². The first-order chi connectivity index (χ1) is 9.93. The van der Waals surface area contributed by atoms with Crippen LogP contribution in [0.5, 0.6) is 0 Å². The molecule has 1 aromatic carbocycles. The van der Waals surface area contributed by atoms with Crippen LogP contribution in [0.1, 0.15) is 19.8 Å². The summed E-state index contributed by atoms with van der Waals surface area (Å²) in [6, 6.07) is 5.03. The zero-order chi connectivity index (χ0) is 15.6. The number of carbonyl (C=O) groups is 2. The molecule has 1 saturated heterocycles. The second-order valence-corrected chi connectivity index (χ2v) is 5.75. The molecule has 6 heteroatoms. The summed E-state index contributed by atoms with van der Waals surface area (Å²) in [4.78, 5) is 27.2. The number of hydrogen-bond acceptors (Lipinski definition) is 4. The molecule has 114 valence electrons. The van der Waals surface area contributed by atoms with Crippen LogP contribution in [0, 0.1) is 0 Å². The predicted molar refractivity (Wildman–Crippen MR) is 84.8 cm³/mol. The van der Waals surface area contributed by atoms with E-state index in [-0.39, 0.29) is 18.2 Å². The van der Waals surface area contributed by atoms with Crippen LogP contribution in [0.3, 0.4) is 0 Å². The summed E-state index contributed by atoms with van der Waals surface area (Å²) >= 11 is 6.21. The number of anilines is 2. The predicted octanol–water partition coefficient (Wildman–Crippen LogP) is 2.36. The van der Waals surface area contributed by atoms with Gasteiger partial charge in [0.15, 0.2) is 0 Å². The van der Waals surface area contributed by atoms with Crippen molar-refractivity contribution >= 4 is 34.8 Å². The van der Waals surface area contributed by atoms with Crippen molar-refractivity contribution in [3.8, 4) is 0 Å². The molecule has 1 aliphatic heterocycles.